The van der Waals surface area contributed by atoms with Gasteiger partial charge in [0.2, 0.25) is 11.8 Å². The van der Waals surface area contributed by atoms with Crippen LogP contribution in [-0.2, 0) is 26.2 Å². The molecule has 32 heavy (non-hydrogen) atoms. The van der Waals surface area contributed by atoms with Crippen LogP contribution in [0.2, 0.25) is 0 Å². The topological polar surface area (TPSA) is 53.1 Å². The number of rotatable bonds is 3. The van der Waals surface area contributed by atoms with E-state index in [1.165, 1.54) is 11.1 Å². The lowest BCUT2D eigenvalue weighted by Gasteiger charge is -2.57. The minimum absolute atomic E-state index is 0.0950. The summed E-state index contributed by atoms with van der Waals surface area (Å²) in [5, 5.41) is 4.14. The first-order valence-corrected chi connectivity index (χ1v) is 11.5. The van der Waals surface area contributed by atoms with Gasteiger partial charge in [-0.3, -0.25) is 14.6 Å². The van der Waals surface area contributed by atoms with Gasteiger partial charge in [0, 0.05) is 46.1 Å². The van der Waals surface area contributed by atoms with Gasteiger partial charge in [-0.2, -0.15) is 0 Å². The van der Waals surface area contributed by atoms with Crippen molar-refractivity contribution in [2.24, 2.45) is 0 Å². The van der Waals surface area contributed by atoms with E-state index in [0.29, 0.717) is 38.4 Å². The van der Waals surface area contributed by atoms with Crippen molar-refractivity contribution in [2.45, 2.75) is 42.6 Å². The first-order chi connectivity index (χ1) is 15.5. The molecular weight excluding hydrogens is 402 g/mol. The number of nitrogens with zero attached hydrogens (tertiary/aromatic N) is 3. The second kappa shape index (κ2) is 6.82. The number of amides is 2. The van der Waals surface area contributed by atoms with E-state index in [1.807, 2.05) is 19.1 Å². The highest BCUT2D eigenvalue weighted by molar-refractivity contribution is 5.89. The van der Waals surface area contributed by atoms with Crippen molar-refractivity contribution in [3.05, 3.63) is 65.2 Å². The lowest BCUT2D eigenvalue weighted by atomic mass is 9.73. The zero-order valence-electron chi connectivity index (χ0n) is 18.7. The van der Waals surface area contributed by atoms with Crippen molar-refractivity contribution in [3.63, 3.8) is 0 Å². The summed E-state index contributed by atoms with van der Waals surface area (Å²) in [6.45, 7) is 2.05. The number of benzene rings is 2. The first-order valence-electron chi connectivity index (χ1n) is 11.5. The highest BCUT2D eigenvalue weighted by atomic mass is 16.5. The van der Waals surface area contributed by atoms with Gasteiger partial charge in [0.15, 0.2) is 0 Å². The van der Waals surface area contributed by atoms with Crippen molar-refractivity contribution in [1.29, 1.82) is 0 Å². The van der Waals surface area contributed by atoms with Gasteiger partial charge >= 0.3 is 0 Å². The number of carbonyl (C=O) groups excluding carboxylic acids is 2. The van der Waals surface area contributed by atoms with E-state index in [9.17, 15) is 9.59 Å². The smallest absolute Gasteiger partial charge is 0.242 e. The minimum Gasteiger partial charge on any atom is -0.381 e. The van der Waals surface area contributed by atoms with Crippen LogP contribution in [-0.4, -0.2) is 61.1 Å². The quantitative estimate of drug-likeness (QED) is 0.750. The maximum absolute atomic E-state index is 13.1. The highest BCUT2D eigenvalue weighted by Gasteiger charge is 2.66. The third-order valence-corrected chi connectivity index (χ3v) is 8.16. The molecule has 6 nitrogen and oxygen atoms in total. The molecule has 3 heterocycles. The molecule has 2 amide bonds. The van der Waals surface area contributed by atoms with Crippen LogP contribution in [0.3, 0.4) is 0 Å². The number of hydrogen-bond donors (Lipinski definition) is 0. The van der Waals surface area contributed by atoms with Crippen LogP contribution in [0.15, 0.2) is 48.5 Å². The molecule has 0 aromatic heterocycles. The molecule has 0 N–H and O–H groups in total. The molecule has 2 atom stereocenters. The van der Waals surface area contributed by atoms with Gasteiger partial charge in [-0.25, -0.2) is 5.01 Å². The molecule has 2 aromatic rings. The van der Waals surface area contributed by atoms with Crippen molar-refractivity contribution >= 4 is 17.5 Å². The molecule has 0 saturated carbocycles. The lowest BCUT2D eigenvalue weighted by molar-refractivity contribution is -0.139. The summed E-state index contributed by atoms with van der Waals surface area (Å²) in [7, 11) is 3.64. The number of ether oxygens (including phenoxy) is 1. The SMILES string of the molecule is CN(C)C(=O)C1(c2ccc(N3CC45Cc6ccccc6C4CC(=O)N35)cc2)CCOCC1. The zero-order valence-corrected chi connectivity index (χ0v) is 18.7. The monoisotopic (exact) mass is 431 g/mol. The van der Waals surface area contributed by atoms with Crippen molar-refractivity contribution in [2.75, 3.05) is 38.9 Å². The standard InChI is InChI=1S/C26H29N3O3/c1-27(2)24(31)25(11-13-32-14-12-25)19-7-9-20(10-8-19)28-17-26-16-18-5-3-4-6-21(18)22(26)15-23(30)29(26)28/h3-10,22H,11-17H2,1-2H3. The average Bonchev–Trinajstić information content (AvgIpc) is 3.23. The van der Waals surface area contributed by atoms with Crippen LogP contribution in [0.1, 0.15) is 41.9 Å². The number of hydrazine groups is 1. The fourth-order valence-corrected chi connectivity index (χ4v) is 6.60. The number of anilines is 1. The molecule has 3 aliphatic heterocycles. The maximum atomic E-state index is 13.1. The largest absolute Gasteiger partial charge is 0.381 e. The van der Waals surface area contributed by atoms with Crippen molar-refractivity contribution in [1.82, 2.24) is 9.91 Å². The molecule has 4 aliphatic rings. The second-order valence-electron chi connectivity index (χ2n) is 9.94. The van der Waals surface area contributed by atoms with E-state index >= 15 is 0 Å². The van der Waals surface area contributed by atoms with Gasteiger partial charge in [-0.15, -0.1) is 0 Å². The van der Waals surface area contributed by atoms with Gasteiger partial charge in [0.05, 0.1) is 23.2 Å². The molecule has 0 radical (unpaired) electrons. The summed E-state index contributed by atoms with van der Waals surface area (Å²) in [6, 6.07) is 16.9. The summed E-state index contributed by atoms with van der Waals surface area (Å²) in [5.41, 5.74) is 4.16. The number of carbonyl (C=O) groups is 2. The predicted octanol–water partition coefficient (Wildman–Crippen LogP) is 2.87. The molecule has 166 valence electrons. The third-order valence-electron chi connectivity index (χ3n) is 8.16. The summed E-state index contributed by atoms with van der Waals surface area (Å²) in [4.78, 5) is 27.8. The Hall–Kier alpha value is -2.86. The Morgan fingerprint density at radius 3 is 2.50 bits per heavy atom. The van der Waals surface area contributed by atoms with Crippen LogP contribution in [0, 0.1) is 0 Å². The second-order valence-corrected chi connectivity index (χ2v) is 9.94. The Morgan fingerprint density at radius 1 is 1.06 bits per heavy atom. The fraction of sp³-hybridized carbons (Fsp3) is 0.462. The van der Waals surface area contributed by atoms with Gasteiger partial charge in [-0.1, -0.05) is 36.4 Å². The van der Waals surface area contributed by atoms with Crippen LogP contribution in [0.5, 0.6) is 0 Å². The van der Waals surface area contributed by atoms with Crippen LogP contribution < -0.4 is 5.01 Å². The Kier molecular flexibility index (Phi) is 4.22. The number of fused-ring (bicyclic) bond motifs is 2. The molecule has 1 aliphatic carbocycles. The summed E-state index contributed by atoms with van der Waals surface area (Å²) >= 11 is 0. The Labute approximate surface area is 188 Å². The third kappa shape index (κ3) is 2.50. The molecule has 0 bridgehead atoms. The van der Waals surface area contributed by atoms with Crippen LogP contribution >= 0.6 is 0 Å². The highest BCUT2D eigenvalue weighted by Crippen LogP contribution is 2.57. The van der Waals surface area contributed by atoms with Gasteiger partial charge in [-0.05, 0) is 41.7 Å². The summed E-state index contributed by atoms with van der Waals surface area (Å²) in [6.07, 6.45) is 2.92. The number of likely N-dealkylation sites (N-methyl/N-ethyl adjacent to an activating group) is 1. The summed E-state index contributed by atoms with van der Waals surface area (Å²) in [5.74, 6) is 0.645. The van der Waals surface area contributed by atoms with Gasteiger partial charge in [0.1, 0.15) is 0 Å². The molecule has 2 aromatic carbocycles. The Morgan fingerprint density at radius 2 is 1.78 bits per heavy atom. The Bertz CT molecular complexity index is 1090. The molecule has 6 rings (SSSR count). The molecule has 3 saturated heterocycles. The maximum Gasteiger partial charge on any atom is 0.242 e. The van der Waals surface area contributed by atoms with Gasteiger partial charge < -0.3 is 9.64 Å². The molecular formula is C26H29N3O3. The van der Waals surface area contributed by atoms with E-state index in [1.54, 1.807) is 4.90 Å². The zero-order chi connectivity index (χ0) is 22.1. The van der Waals surface area contributed by atoms with E-state index in [2.05, 4.69) is 53.5 Å². The molecule has 1 spiro atoms. The first kappa shape index (κ1) is 19.8. The molecule has 6 heteroatoms. The average molecular weight is 432 g/mol. The molecule has 2 unspecified atom stereocenters. The normalized spacial score (nSPS) is 27.4. The predicted molar refractivity (Wildman–Crippen MR) is 121 cm³/mol. The minimum atomic E-state index is -0.530. The lowest BCUT2D eigenvalue weighted by Crippen LogP contribution is -2.73. The van der Waals surface area contributed by atoms with E-state index in [0.717, 1.165) is 24.2 Å². The Balaban J connectivity index is 1.28. The van der Waals surface area contributed by atoms with E-state index < -0.39 is 5.41 Å². The van der Waals surface area contributed by atoms with E-state index in [-0.39, 0.29) is 17.4 Å². The van der Waals surface area contributed by atoms with Crippen molar-refractivity contribution in [3.8, 4) is 0 Å². The van der Waals surface area contributed by atoms with Crippen molar-refractivity contribution < 1.29 is 14.3 Å². The van der Waals surface area contributed by atoms with Crippen LogP contribution in [0.25, 0.3) is 0 Å². The number of hydrogen-bond acceptors (Lipinski definition) is 4. The summed E-state index contributed by atoms with van der Waals surface area (Å²) < 4.78 is 5.57. The fourth-order valence-electron chi connectivity index (χ4n) is 6.60. The van der Waals surface area contributed by atoms with Gasteiger partial charge in [0.25, 0.3) is 0 Å². The van der Waals surface area contributed by atoms with Crippen LogP contribution in [0.4, 0.5) is 5.69 Å². The molecule has 3 fully saturated rings. The van der Waals surface area contributed by atoms with E-state index in [4.69, 9.17) is 4.74 Å².